The van der Waals surface area contributed by atoms with E-state index in [4.69, 9.17) is 0 Å². The Bertz CT molecular complexity index is 666. The SMILES string of the molecule is C=Cc1ccc(P(c2ccccc2)c2ccccn2)cc1. The van der Waals surface area contributed by atoms with Crippen LogP contribution in [0.5, 0.6) is 0 Å². The van der Waals surface area contributed by atoms with Gasteiger partial charge in [-0.2, -0.15) is 0 Å². The van der Waals surface area contributed by atoms with Crippen LogP contribution in [-0.4, -0.2) is 4.98 Å². The first-order chi connectivity index (χ1) is 10.4. The predicted octanol–water partition coefficient (Wildman–Crippen LogP) is 3.48. The van der Waals surface area contributed by atoms with Crippen LogP contribution in [0.2, 0.25) is 0 Å². The lowest BCUT2D eigenvalue weighted by atomic mass is 10.2. The highest BCUT2D eigenvalue weighted by molar-refractivity contribution is 7.79. The summed E-state index contributed by atoms with van der Waals surface area (Å²) in [7, 11) is -0.609. The minimum Gasteiger partial charge on any atom is -0.256 e. The van der Waals surface area contributed by atoms with E-state index in [0.29, 0.717) is 0 Å². The molecule has 2 heteroatoms. The molecule has 0 aliphatic rings. The number of aromatic nitrogens is 1. The van der Waals surface area contributed by atoms with Crippen molar-refractivity contribution in [3.8, 4) is 0 Å². The highest BCUT2D eigenvalue weighted by Gasteiger charge is 2.16. The third kappa shape index (κ3) is 3.09. The van der Waals surface area contributed by atoms with Gasteiger partial charge >= 0.3 is 0 Å². The van der Waals surface area contributed by atoms with E-state index < -0.39 is 7.92 Å². The molecule has 0 aliphatic carbocycles. The smallest absolute Gasteiger partial charge is 0.0720 e. The Hall–Kier alpha value is -2.24. The van der Waals surface area contributed by atoms with Crippen LogP contribution in [0.4, 0.5) is 0 Å². The van der Waals surface area contributed by atoms with Crippen LogP contribution in [0.15, 0.2) is 85.6 Å². The number of hydrogen-bond acceptors (Lipinski definition) is 1. The van der Waals surface area contributed by atoms with Crippen LogP contribution in [0.1, 0.15) is 5.56 Å². The van der Waals surface area contributed by atoms with E-state index in [2.05, 4.69) is 78.3 Å². The van der Waals surface area contributed by atoms with Gasteiger partial charge in [0.05, 0.1) is 5.44 Å². The summed E-state index contributed by atoms with van der Waals surface area (Å²) in [6.45, 7) is 3.81. The summed E-state index contributed by atoms with van der Waals surface area (Å²) in [4.78, 5) is 4.58. The number of nitrogens with zero attached hydrogens (tertiary/aromatic N) is 1. The molecule has 0 bridgehead atoms. The van der Waals surface area contributed by atoms with Crippen molar-refractivity contribution in [3.63, 3.8) is 0 Å². The normalized spacial score (nSPS) is 11.8. The van der Waals surface area contributed by atoms with Gasteiger partial charge in [-0.05, 0) is 28.3 Å². The van der Waals surface area contributed by atoms with Crippen molar-refractivity contribution in [3.05, 3.63) is 91.1 Å². The maximum absolute atomic E-state index is 4.58. The van der Waals surface area contributed by atoms with Crippen LogP contribution < -0.4 is 16.0 Å². The van der Waals surface area contributed by atoms with Gasteiger partial charge in [0.2, 0.25) is 0 Å². The second kappa shape index (κ2) is 6.47. The second-order valence-corrected chi connectivity index (χ2v) is 6.82. The summed E-state index contributed by atoms with van der Waals surface area (Å²) in [5, 5.41) is 2.62. The first kappa shape index (κ1) is 13.7. The second-order valence-electron chi connectivity index (χ2n) is 4.65. The number of hydrogen-bond donors (Lipinski definition) is 0. The van der Waals surface area contributed by atoms with Gasteiger partial charge in [-0.1, -0.05) is 73.3 Å². The molecule has 0 saturated carbocycles. The summed E-state index contributed by atoms with van der Waals surface area (Å²) in [6, 6.07) is 25.3. The van der Waals surface area contributed by atoms with E-state index in [1.807, 2.05) is 18.3 Å². The summed E-state index contributed by atoms with van der Waals surface area (Å²) in [6.07, 6.45) is 3.74. The zero-order chi connectivity index (χ0) is 14.5. The summed E-state index contributed by atoms with van der Waals surface area (Å²) in [5.74, 6) is 0. The Labute approximate surface area is 126 Å². The van der Waals surface area contributed by atoms with E-state index in [1.54, 1.807) is 0 Å². The van der Waals surface area contributed by atoms with Crippen molar-refractivity contribution >= 4 is 30.0 Å². The van der Waals surface area contributed by atoms with Crippen LogP contribution >= 0.6 is 7.92 Å². The van der Waals surface area contributed by atoms with Crippen LogP contribution in [0.25, 0.3) is 6.08 Å². The Kier molecular flexibility index (Phi) is 4.23. The van der Waals surface area contributed by atoms with Gasteiger partial charge in [-0.15, -0.1) is 0 Å². The fourth-order valence-electron chi connectivity index (χ4n) is 2.24. The van der Waals surface area contributed by atoms with Crippen molar-refractivity contribution in [2.75, 3.05) is 0 Å². The molecule has 0 fully saturated rings. The Morgan fingerprint density at radius 1 is 0.762 bits per heavy atom. The molecule has 0 radical (unpaired) electrons. The zero-order valence-electron chi connectivity index (χ0n) is 11.7. The molecule has 0 aliphatic heterocycles. The van der Waals surface area contributed by atoms with Gasteiger partial charge in [0.1, 0.15) is 0 Å². The standard InChI is InChI=1S/C19H16NP/c1-2-16-11-13-18(14-12-16)21(17-8-4-3-5-9-17)19-10-6-7-15-20-19/h2-15H,1H2. The monoisotopic (exact) mass is 289 g/mol. The van der Waals surface area contributed by atoms with Crippen molar-refractivity contribution in [2.45, 2.75) is 0 Å². The molecule has 0 saturated heterocycles. The first-order valence-electron chi connectivity index (χ1n) is 6.87. The molecule has 1 atom stereocenters. The Balaban J connectivity index is 2.09. The van der Waals surface area contributed by atoms with Crippen molar-refractivity contribution in [1.82, 2.24) is 4.98 Å². The lowest BCUT2D eigenvalue weighted by molar-refractivity contribution is 1.39. The minimum atomic E-state index is -0.609. The van der Waals surface area contributed by atoms with Gasteiger partial charge in [-0.3, -0.25) is 4.98 Å². The fourth-order valence-corrected chi connectivity index (χ4v) is 4.40. The van der Waals surface area contributed by atoms with Crippen LogP contribution in [0.3, 0.4) is 0 Å². The number of rotatable bonds is 4. The first-order valence-corrected chi connectivity index (χ1v) is 8.21. The summed E-state index contributed by atoms with van der Waals surface area (Å²) < 4.78 is 0. The van der Waals surface area contributed by atoms with Gasteiger partial charge in [-0.25, -0.2) is 0 Å². The lowest BCUT2D eigenvalue weighted by Crippen LogP contribution is -2.22. The van der Waals surface area contributed by atoms with E-state index in [1.165, 1.54) is 10.6 Å². The molecule has 21 heavy (non-hydrogen) atoms. The van der Waals surface area contributed by atoms with Crippen LogP contribution in [-0.2, 0) is 0 Å². The molecule has 1 aromatic heterocycles. The van der Waals surface area contributed by atoms with Gasteiger partial charge in [0, 0.05) is 14.1 Å². The molecular weight excluding hydrogens is 273 g/mol. The summed E-state index contributed by atoms with van der Waals surface area (Å²) >= 11 is 0. The van der Waals surface area contributed by atoms with Crippen molar-refractivity contribution < 1.29 is 0 Å². The molecule has 3 aromatic rings. The minimum absolute atomic E-state index is 0.609. The van der Waals surface area contributed by atoms with Crippen LogP contribution in [0, 0.1) is 0 Å². The predicted molar refractivity (Wildman–Crippen MR) is 93.0 cm³/mol. The molecule has 1 nitrogen and oxygen atoms in total. The quantitative estimate of drug-likeness (QED) is 0.670. The number of pyridine rings is 1. The molecule has 0 spiro atoms. The van der Waals surface area contributed by atoms with Gasteiger partial charge < -0.3 is 0 Å². The molecule has 102 valence electrons. The molecule has 3 rings (SSSR count). The number of benzene rings is 2. The molecular formula is C19H16NP. The fraction of sp³-hybridized carbons (Fsp3) is 0. The zero-order valence-corrected chi connectivity index (χ0v) is 12.6. The Morgan fingerprint density at radius 3 is 2.05 bits per heavy atom. The molecule has 0 amide bonds. The summed E-state index contributed by atoms with van der Waals surface area (Å²) in [5.41, 5.74) is 2.27. The third-order valence-electron chi connectivity index (χ3n) is 3.28. The highest BCUT2D eigenvalue weighted by atomic mass is 31.1. The largest absolute Gasteiger partial charge is 0.256 e. The Morgan fingerprint density at radius 2 is 1.43 bits per heavy atom. The van der Waals surface area contributed by atoms with E-state index in [0.717, 1.165) is 11.0 Å². The molecule has 1 unspecified atom stereocenters. The topological polar surface area (TPSA) is 12.9 Å². The van der Waals surface area contributed by atoms with Crippen molar-refractivity contribution in [1.29, 1.82) is 0 Å². The maximum atomic E-state index is 4.58. The molecule has 1 heterocycles. The van der Waals surface area contributed by atoms with E-state index in [9.17, 15) is 0 Å². The average Bonchev–Trinajstić information content (AvgIpc) is 2.58. The molecule has 2 aromatic carbocycles. The van der Waals surface area contributed by atoms with Gasteiger partial charge in [0.15, 0.2) is 0 Å². The van der Waals surface area contributed by atoms with E-state index in [-0.39, 0.29) is 0 Å². The molecule has 0 N–H and O–H groups in total. The lowest BCUT2D eigenvalue weighted by Gasteiger charge is -2.18. The highest BCUT2D eigenvalue weighted by Crippen LogP contribution is 2.31. The third-order valence-corrected chi connectivity index (χ3v) is 5.63. The average molecular weight is 289 g/mol. The van der Waals surface area contributed by atoms with Gasteiger partial charge in [0.25, 0.3) is 0 Å². The maximum Gasteiger partial charge on any atom is 0.0720 e. The van der Waals surface area contributed by atoms with Crippen molar-refractivity contribution in [2.24, 2.45) is 0 Å². The van der Waals surface area contributed by atoms with E-state index >= 15 is 0 Å².